The van der Waals surface area contributed by atoms with Gasteiger partial charge in [0.25, 0.3) is 0 Å². The van der Waals surface area contributed by atoms with E-state index in [2.05, 4.69) is 4.98 Å². The van der Waals surface area contributed by atoms with Crippen LogP contribution in [0.5, 0.6) is 0 Å². The van der Waals surface area contributed by atoms with Gasteiger partial charge in [-0.2, -0.15) is 0 Å². The lowest BCUT2D eigenvalue weighted by atomic mass is 10.0. The highest BCUT2D eigenvalue weighted by molar-refractivity contribution is 8.13. The van der Waals surface area contributed by atoms with Crippen molar-refractivity contribution in [2.75, 3.05) is 5.75 Å². The molecular weight excluding hydrogens is 281 g/mol. The van der Waals surface area contributed by atoms with Crippen molar-refractivity contribution in [3.63, 3.8) is 0 Å². The molecule has 4 nitrogen and oxygen atoms in total. The van der Waals surface area contributed by atoms with Gasteiger partial charge in [-0.25, -0.2) is 9.37 Å². The molecule has 0 radical (unpaired) electrons. The molecule has 18 heavy (non-hydrogen) atoms. The van der Waals surface area contributed by atoms with Crippen molar-refractivity contribution in [1.29, 1.82) is 0 Å². The number of pyridine rings is 1. The quantitative estimate of drug-likeness (QED) is 0.812. The Morgan fingerprint density at radius 3 is 2.83 bits per heavy atom. The van der Waals surface area contributed by atoms with Gasteiger partial charge in [-0.1, -0.05) is 23.4 Å². The third-order valence-corrected chi connectivity index (χ3v) is 3.37. The molecule has 0 saturated heterocycles. The van der Waals surface area contributed by atoms with E-state index >= 15 is 0 Å². The van der Waals surface area contributed by atoms with Gasteiger partial charge in [-0.15, -0.1) is 0 Å². The molecule has 0 amide bonds. The highest BCUT2D eigenvalue weighted by atomic mass is 35.5. The number of nitrogens with zero attached hydrogens (tertiary/aromatic N) is 1. The van der Waals surface area contributed by atoms with E-state index in [1.165, 1.54) is 13.1 Å². The number of hydrogen-bond acceptors (Lipinski definition) is 5. The molecule has 7 heteroatoms. The normalized spacial score (nSPS) is 14.3. The predicted molar refractivity (Wildman–Crippen MR) is 67.9 cm³/mol. The number of thioether (sulfide) groups is 1. The fourth-order valence-electron chi connectivity index (χ4n) is 1.30. The first-order chi connectivity index (χ1) is 8.41. The van der Waals surface area contributed by atoms with E-state index in [4.69, 9.17) is 11.6 Å². The molecular formula is C11H13ClFNO3S. The maximum Gasteiger partial charge on any atom is 0.185 e. The van der Waals surface area contributed by atoms with Crippen LogP contribution in [0.4, 0.5) is 4.39 Å². The zero-order valence-electron chi connectivity index (χ0n) is 9.64. The Morgan fingerprint density at radius 1 is 1.61 bits per heavy atom. The molecule has 0 bridgehead atoms. The number of aromatic nitrogens is 1. The van der Waals surface area contributed by atoms with E-state index in [-0.39, 0.29) is 22.3 Å². The van der Waals surface area contributed by atoms with Crippen LogP contribution in [-0.2, 0) is 4.79 Å². The maximum atomic E-state index is 13.1. The number of rotatable bonds is 5. The Kier molecular flexibility index (Phi) is 6.01. The van der Waals surface area contributed by atoms with E-state index in [0.717, 1.165) is 17.8 Å². The van der Waals surface area contributed by atoms with Gasteiger partial charge in [-0.3, -0.25) is 4.79 Å². The molecule has 1 heterocycles. The predicted octanol–water partition coefficient (Wildman–Crippen LogP) is 1.94. The standard InChI is InChI=1S/C11H13ClFNO3S/c1-6(15)18-3-2-9(16)10(17)7-4-8(13)11(12)14-5-7/h4-5,9-10,16-17H,2-3H2,1H3. The molecule has 0 aliphatic carbocycles. The van der Waals surface area contributed by atoms with Crippen molar-refractivity contribution in [1.82, 2.24) is 4.98 Å². The lowest BCUT2D eigenvalue weighted by molar-refractivity contribution is -0.109. The molecule has 1 aromatic heterocycles. The smallest absolute Gasteiger partial charge is 0.185 e. The van der Waals surface area contributed by atoms with E-state index in [9.17, 15) is 19.4 Å². The lowest BCUT2D eigenvalue weighted by Crippen LogP contribution is -2.19. The van der Waals surface area contributed by atoms with Crippen molar-refractivity contribution in [2.45, 2.75) is 25.6 Å². The summed E-state index contributed by atoms with van der Waals surface area (Å²) >= 11 is 6.47. The molecule has 2 atom stereocenters. The number of halogens is 2. The van der Waals surface area contributed by atoms with Gasteiger partial charge >= 0.3 is 0 Å². The first-order valence-corrected chi connectivity index (χ1v) is 6.58. The highest BCUT2D eigenvalue weighted by Crippen LogP contribution is 2.22. The van der Waals surface area contributed by atoms with Gasteiger partial charge in [0, 0.05) is 24.4 Å². The third kappa shape index (κ3) is 4.53. The SMILES string of the molecule is CC(=O)SCCC(O)C(O)c1cnc(Cl)c(F)c1. The second-order valence-corrected chi connectivity index (χ2v) is 5.31. The summed E-state index contributed by atoms with van der Waals surface area (Å²) in [6.07, 6.45) is -0.913. The molecule has 100 valence electrons. The summed E-state index contributed by atoms with van der Waals surface area (Å²) < 4.78 is 13.1. The molecule has 0 aliphatic heterocycles. The summed E-state index contributed by atoms with van der Waals surface area (Å²) in [6, 6.07) is 1.03. The summed E-state index contributed by atoms with van der Waals surface area (Å²) in [5, 5.41) is 19.1. The second kappa shape index (κ2) is 7.04. The molecule has 0 spiro atoms. The van der Waals surface area contributed by atoms with Crippen LogP contribution >= 0.6 is 23.4 Å². The summed E-state index contributed by atoms with van der Waals surface area (Å²) in [5.41, 5.74) is 0.150. The van der Waals surface area contributed by atoms with Crippen LogP contribution in [0.2, 0.25) is 5.15 Å². The van der Waals surface area contributed by atoms with Crippen LogP contribution in [0.3, 0.4) is 0 Å². The van der Waals surface area contributed by atoms with Crippen LogP contribution in [0.1, 0.15) is 25.0 Å². The third-order valence-electron chi connectivity index (χ3n) is 2.24. The summed E-state index contributed by atoms with van der Waals surface area (Å²) in [5.74, 6) is -0.365. The monoisotopic (exact) mass is 293 g/mol. The summed E-state index contributed by atoms with van der Waals surface area (Å²) in [4.78, 5) is 14.2. The van der Waals surface area contributed by atoms with Gasteiger partial charge in [0.15, 0.2) is 16.1 Å². The van der Waals surface area contributed by atoms with Gasteiger partial charge in [0.1, 0.15) is 6.10 Å². The Morgan fingerprint density at radius 2 is 2.28 bits per heavy atom. The molecule has 1 aromatic rings. The molecule has 0 aromatic carbocycles. The van der Waals surface area contributed by atoms with E-state index in [0.29, 0.717) is 5.75 Å². The van der Waals surface area contributed by atoms with Crippen LogP contribution < -0.4 is 0 Å². The molecule has 2 unspecified atom stereocenters. The first-order valence-electron chi connectivity index (χ1n) is 5.22. The maximum absolute atomic E-state index is 13.1. The van der Waals surface area contributed by atoms with Gasteiger partial charge in [0.2, 0.25) is 0 Å². The largest absolute Gasteiger partial charge is 0.390 e. The minimum absolute atomic E-state index is 0.0594. The molecule has 0 saturated carbocycles. The van der Waals surface area contributed by atoms with Crippen molar-refractivity contribution in [2.24, 2.45) is 0 Å². The van der Waals surface area contributed by atoms with Crippen LogP contribution in [0.15, 0.2) is 12.3 Å². The molecule has 0 fully saturated rings. The average Bonchev–Trinajstić information content (AvgIpc) is 2.31. The van der Waals surface area contributed by atoms with Crippen molar-refractivity contribution in [3.05, 3.63) is 28.8 Å². The van der Waals surface area contributed by atoms with E-state index in [1.807, 2.05) is 0 Å². The van der Waals surface area contributed by atoms with Crippen LogP contribution in [0.25, 0.3) is 0 Å². The Balaban J connectivity index is 2.59. The molecule has 0 aliphatic rings. The Hall–Kier alpha value is -0.690. The van der Waals surface area contributed by atoms with Gasteiger partial charge in [-0.05, 0) is 12.5 Å². The van der Waals surface area contributed by atoms with Crippen molar-refractivity contribution < 1.29 is 19.4 Å². The average molecular weight is 294 g/mol. The van der Waals surface area contributed by atoms with E-state index in [1.54, 1.807) is 0 Å². The molecule has 2 N–H and O–H groups in total. The number of aliphatic hydroxyl groups is 2. The summed E-state index contributed by atoms with van der Waals surface area (Å²) in [7, 11) is 0. The Bertz CT molecular complexity index is 433. The van der Waals surface area contributed by atoms with Gasteiger partial charge < -0.3 is 10.2 Å². The van der Waals surface area contributed by atoms with E-state index < -0.39 is 18.0 Å². The first kappa shape index (κ1) is 15.4. The number of carbonyl (C=O) groups is 1. The Labute approximate surface area is 113 Å². The van der Waals surface area contributed by atoms with Crippen LogP contribution in [0, 0.1) is 5.82 Å². The minimum atomic E-state index is -1.25. The number of hydrogen-bond donors (Lipinski definition) is 2. The summed E-state index contributed by atoms with van der Waals surface area (Å²) in [6.45, 7) is 1.42. The van der Waals surface area contributed by atoms with Crippen LogP contribution in [-0.4, -0.2) is 32.2 Å². The lowest BCUT2D eigenvalue weighted by Gasteiger charge is -2.17. The fraction of sp³-hybridized carbons (Fsp3) is 0.455. The molecule has 1 rings (SSSR count). The zero-order chi connectivity index (χ0) is 13.7. The topological polar surface area (TPSA) is 70.4 Å². The van der Waals surface area contributed by atoms with Crippen molar-refractivity contribution in [3.8, 4) is 0 Å². The van der Waals surface area contributed by atoms with Crippen molar-refractivity contribution >= 4 is 28.5 Å². The fourth-order valence-corrected chi connectivity index (χ4v) is 2.05. The zero-order valence-corrected chi connectivity index (χ0v) is 11.2. The highest BCUT2D eigenvalue weighted by Gasteiger charge is 2.20. The van der Waals surface area contributed by atoms with Gasteiger partial charge in [0.05, 0.1) is 6.10 Å². The minimum Gasteiger partial charge on any atom is -0.390 e. The second-order valence-electron chi connectivity index (χ2n) is 3.68. The number of aliphatic hydroxyl groups excluding tert-OH is 2. The number of carbonyl (C=O) groups excluding carboxylic acids is 1.